The molecule has 0 atom stereocenters. The molecule has 0 fully saturated rings. The predicted octanol–water partition coefficient (Wildman–Crippen LogP) is 0.0770. The summed E-state index contributed by atoms with van der Waals surface area (Å²) < 4.78 is 0. The molecule has 0 aliphatic heterocycles. The fourth-order valence-electron chi connectivity index (χ4n) is 1.19. The quantitative estimate of drug-likeness (QED) is 0.462. The van der Waals surface area contributed by atoms with Crippen LogP contribution in [0, 0.1) is 0 Å². The molecule has 0 amide bonds. The van der Waals surface area contributed by atoms with Gasteiger partial charge in [-0.25, -0.2) is 9.98 Å². The monoisotopic (exact) mass is 292 g/mol. The van der Waals surface area contributed by atoms with E-state index < -0.39 is 0 Å². The van der Waals surface area contributed by atoms with Crippen LogP contribution in [-0.4, -0.2) is 11.9 Å². The second-order valence-corrected chi connectivity index (χ2v) is 3.30. The van der Waals surface area contributed by atoms with Gasteiger partial charge in [-0.2, -0.15) is 0 Å². The van der Waals surface area contributed by atoms with Crippen LogP contribution in [-0.2, 0) is 13.1 Å². The van der Waals surface area contributed by atoms with Crippen LogP contribution in [0.25, 0.3) is 0 Å². The van der Waals surface area contributed by atoms with Gasteiger partial charge in [0.05, 0.1) is 13.1 Å². The van der Waals surface area contributed by atoms with Gasteiger partial charge in [-0.05, 0) is 11.1 Å². The first-order chi connectivity index (χ1) is 7.58. The minimum Gasteiger partial charge on any atom is -0.370 e. The minimum absolute atomic E-state index is 0. The van der Waals surface area contributed by atoms with Crippen LogP contribution in [0.1, 0.15) is 11.1 Å². The molecular formula is C10H18Cl2N6. The molecule has 18 heavy (non-hydrogen) atoms. The van der Waals surface area contributed by atoms with E-state index in [-0.39, 0.29) is 36.7 Å². The Morgan fingerprint density at radius 3 is 1.56 bits per heavy atom. The molecular weight excluding hydrogens is 275 g/mol. The summed E-state index contributed by atoms with van der Waals surface area (Å²) in [7, 11) is 0. The lowest BCUT2D eigenvalue weighted by atomic mass is 10.1. The van der Waals surface area contributed by atoms with Crippen molar-refractivity contribution in [2.45, 2.75) is 13.1 Å². The molecule has 0 radical (unpaired) electrons. The first-order valence-electron chi connectivity index (χ1n) is 4.76. The normalized spacial score (nSPS) is 8.44. The summed E-state index contributed by atoms with van der Waals surface area (Å²) in [5, 5.41) is 0. The summed E-state index contributed by atoms with van der Waals surface area (Å²) in [6, 6.07) is 7.74. The van der Waals surface area contributed by atoms with Crippen molar-refractivity contribution in [1.29, 1.82) is 0 Å². The Bertz CT molecular complexity index is 375. The first kappa shape index (κ1) is 18.7. The maximum absolute atomic E-state index is 5.25. The van der Waals surface area contributed by atoms with Crippen molar-refractivity contribution >= 4 is 36.7 Å². The maximum Gasteiger partial charge on any atom is 0.186 e. The van der Waals surface area contributed by atoms with Crippen molar-refractivity contribution in [3.8, 4) is 0 Å². The van der Waals surface area contributed by atoms with Gasteiger partial charge in [-0.1, -0.05) is 24.3 Å². The van der Waals surface area contributed by atoms with E-state index in [9.17, 15) is 0 Å². The molecule has 102 valence electrons. The molecule has 0 spiro atoms. The molecule has 0 heterocycles. The van der Waals surface area contributed by atoms with Crippen molar-refractivity contribution < 1.29 is 0 Å². The lowest BCUT2D eigenvalue weighted by molar-refractivity contribution is 1.01. The van der Waals surface area contributed by atoms with E-state index in [1.54, 1.807) is 0 Å². The summed E-state index contributed by atoms with van der Waals surface area (Å²) in [5.74, 6) is 0.157. The van der Waals surface area contributed by atoms with Crippen LogP contribution in [0.5, 0.6) is 0 Å². The van der Waals surface area contributed by atoms with Crippen molar-refractivity contribution in [1.82, 2.24) is 0 Å². The molecule has 0 aromatic heterocycles. The second kappa shape index (κ2) is 9.38. The first-order valence-corrected chi connectivity index (χ1v) is 4.76. The van der Waals surface area contributed by atoms with Gasteiger partial charge in [-0.3, -0.25) is 0 Å². The highest BCUT2D eigenvalue weighted by Gasteiger charge is 1.95. The molecule has 1 aromatic carbocycles. The Balaban J connectivity index is 0. The summed E-state index contributed by atoms with van der Waals surface area (Å²) >= 11 is 0. The molecule has 0 saturated carbocycles. The molecule has 0 aliphatic carbocycles. The van der Waals surface area contributed by atoms with Gasteiger partial charge in [0.1, 0.15) is 0 Å². The van der Waals surface area contributed by atoms with Crippen molar-refractivity contribution in [3.05, 3.63) is 35.4 Å². The Labute approximate surface area is 118 Å². The molecule has 0 bridgehead atoms. The van der Waals surface area contributed by atoms with Gasteiger partial charge in [0.15, 0.2) is 11.9 Å². The topological polar surface area (TPSA) is 129 Å². The highest BCUT2D eigenvalue weighted by molar-refractivity contribution is 5.85. The van der Waals surface area contributed by atoms with Crippen LogP contribution >= 0.6 is 24.8 Å². The van der Waals surface area contributed by atoms with E-state index >= 15 is 0 Å². The lowest BCUT2D eigenvalue weighted by Crippen LogP contribution is -2.22. The van der Waals surface area contributed by atoms with E-state index in [1.165, 1.54) is 0 Å². The molecule has 1 aromatic rings. The third-order valence-electron chi connectivity index (χ3n) is 1.88. The molecule has 8 heteroatoms. The highest BCUT2D eigenvalue weighted by Crippen LogP contribution is 2.07. The smallest absolute Gasteiger partial charge is 0.186 e. The number of aliphatic imine (C=N–C) groups is 2. The van der Waals surface area contributed by atoms with Crippen LogP contribution in [0.4, 0.5) is 0 Å². The summed E-state index contributed by atoms with van der Waals surface area (Å²) in [4.78, 5) is 7.84. The van der Waals surface area contributed by atoms with Crippen LogP contribution in [0.15, 0.2) is 34.3 Å². The fraction of sp³-hybridized carbons (Fsp3) is 0.200. The van der Waals surface area contributed by atoms with E-state index in [4.69, 9.17) is 22.9 Å². The highest BCUT2D eigenvalue weighted by atomic mass is 35.5. The number of hydrogen-bond acceptors (Lipinski definition) is 2. The summed E-state index contributed by atoms with van der Waals surface area (Å²) in [6.07, 6.45) is 0. The summed E-state index contributed by atoms with van der Waals surface area (Å²) in [5.41, 5.74) is 23.0. The molecule has 0 saturated heterocycles. The zero-order valence-corrected chi connectivity index (χ0v) is 11.4. The predicted molar refractivity (Wildman–Crippen MR) is 80.0 cm³/mol. The number of benzene rings is 1. The molecule has 0 aliphatic rings. The second-order valence-electron chi connectivity index (χ2n) is 3.30. The number of rotatable bonds is 4. The molecule has 6 nitrogen and oxygen atoms in total. The zero-order chi connectivity index (χ0) is 12.0. The van der Waals surface area contributed by atoms with Gasteiger partial charge in [0, 0.05) is 0 Å². The minimum atomic E-state index is 0. The zero-order valence-electron chi connectivity index (χ0n) is 9.74. The Morgan fingerprint density at radius 1 is 0.833 bits per heavy atom. The number of nitrogens with two attached hydrogens (primary N) is 4. The molecule has 1 rings (SSSR count). The van der Waals surface area contributed by atoms with Crippen LogP contribution in [0.3, 0.4) is 0 Å². The SMILES string of the molecule is Cl.Cl.NC(N)=NCc1cccc(CN=C(N)N)c1. The number of guanidine groups is 2. The van der Waals surface area contributed by atoms with E-state index in [2.05, 4.69) is 9.98 Å². The average molecular weight is 293 g/mol. The van der Waals surface area contributed by atoms with Gasteiger partial charge in [0.2, 0.25) is 0 Å². The molecule has 0 unspecified atom stereocenters. The van der Waals surface area contributed by atoms with Crippen molar-refractivity contribution in [2.24, 2.45) is 32.9 Å². The standard InChI is InChI=1S/C10H16N6.2ClH/c11-9(12)15-5-7-2-1-3-8(4-7)6-16-10(13)14;;/h1-4H,5-6H2,(H4,11,12,15)(H4,13,14,16);2*1H. The Hall–Kier alpha value is -1.66. The lowest BCUT2D eigenvalue weighted by Gasteiger charge is -2.01. The van der Waals surface area contributed by atoms with Crippen LogP contribution < -0.4 is 22.9 Å². The van der Waals surface area contributed by atoms with Crippen molar-refractivity contribution in [3.63, 3.8) is 0 Å². The number of hydrogen-bond donors (Lipinski definition) is 4. The fourth-order valence-corrected chi connectivity index (χ4v) is 1.19. The van der Waals surface area contributed by atoms with E-state index in [1.807, 2.05) is 24.3 Å². The van der Waals surface area contributed by atoms with Crippen LogP contribution in [0.2, 0.25) is 0 Å². The third kappa shape index (κ3) is 7.59. The van der Waals surface area contributed by atoms with Gasteiger partial charge >= 0.3 is 0 Å². The largest absolute Gasteiger partial charge is 0.370 e. The average Bonchev–Trinajstić information content (AvgIpc) is 2.24. The van der Waals surface area contributed by atoms with E-state index in [0.29, 0.717) is 13.1 Å². The van der Waals surface area contributed by atoms with Gasteiger partial charge in [0.25, 0.3) is 0 Å². The Kier molecular flexibility index (Phi) is 9.74. The summed E-state index contributed by atoms with van der Waals surface area (Å²) in [6.45, 7) is 0.913. The molecule has 8 N–H and O–H groups in total. The third-order valence-corrected chi connectivity index (χ3v) is 1.88. The maximum atomic E-state index is 5.25. The van der Waals surface area contributed by atoms with Crippen molar-refractivity contribution in [2.75, 3.05) is 0 Å². The van der Waals surface area contributed by atoms with Gasteiger partial charge < -0.3 is 22.9 Å². The Morgan fingerprint density at radius 2 is 1.22 bits per heavy atom. The van der Waals surface area contributed by atoms with Gasteiger partial charge in [-0.15, -0.1) is 24.8 Å². The number of halogens is 2. The van der Waals surface area contributed by atoms with E-state index in [0.717, 1.165) is 11.1 Å². The number of nitrogens with zero attached hydrogens (tertiary/aromatic N) is 2.